The smallest absolute Gasteiger partial charge is 0.298 e. The van der Waals surface area contributed by atoms with Gasteiger partial charge in [-0.1, -0.05) is 42.5 Å². The molecule has 3 aromatic rings. The molecule has 2 N–H and O–H groups in total. The number of rotatable bonds is 3. The Morgan fingerprint density at radius 2 is 1.68 bits per heavy atom. The molecule has 25 heavy (non-hydrogen) atoms. The SMILES string of the molecule is NC(C(=O)N1CCN(c2nc3ccccc3o2)CC1)c1ccccc1. The van der Waals surface area contributed by atoms with Crippen molar-refractivity contribution in [2.75, 3.05) is 31.1 Å². The molecule has 0 bridgehead atoms. The van der Waals surface area contributed by atoms with Crippen molar-refractivity contribution in [1.82, 2.24) is 9.88 Å². The third-order valence-electron chi connectivity index (χ3n) is 4.57. The Kier molecular flexibility index (Phi) is 4.11. The maximum absolute atomic E-state index is 12.6. The zero-order chi connectivity index (χ0) is 17.2. The Hall–Kier alpha value is -2.86. The predicted molar refractivity (Wildman–Crippen MR) is 96.2 cm³/mol. The number of carbonyl (C=O) groups is 1. The summed E-state index contributed by atoms with van der Waals surface area (Å²) in [6.07, 6.45) is 0. The maximum atomic E-state index is 12.6. The third-order valence-corrected chi connectivity index (χ3v) is 4.57. The number of fused-ring (bicyclic) bond motifs is 1. The van der Waals surface area contributed by atoms with E-state index in [4.69, 9.17) is 10.2 Å². The standard InChI is InChI=1S/C19H20N4O2/c20-17(14-6-2-1-3-7-14)18(24)22-10-12-23(13-11-22)19-21-15-8-4-5-9-16(15)25-19/h1-9,17H,10-13,20H2. The van der Waals surface area contributed by atoms with Crippen LogP contribution >= 0.6 is 0 Å². The lowest BCUT2D eigenvalue weighted by Gasteiger charge is -2.35. The molecule has 1 unspecified atom stereocenters. The molecule has 4 rings (SSSR count). The minimum atomic E-state index is -0.614. The molecule has 1 fully saturated rings. The average molecular weight is 336 g/mol. The van der Waals surface area contributed by atoms with Crippen LogP contribution in [0.2, 0.25) is 0 Å². The van der Waals surface area contributed by atoms with Gasteiger partial charge in [0.15, 0.2) is 5.58 Å². The van der Waals surface area contributed by atoms with Gasteiger partial charge in [-0.2, -0.15) is 4.98 Å². The number of nitrogens with two attached hydrogens (primary N) is 1. The summed E-state index contributed by atoms with van der Waals surface area (Å²) in [6, 6.07) is 17.2. The van der Waals surface area contributed by atoms with Gasteiger partial charge in [-0.25, -0.2) is 0 Å². The van der Waals surface area contributed by atoms with E-state index in [1.54, 1.807) is 0 Å². The van der Waals surface area contributed by atoms with E-state index in [1.165, 1.54) is 0 Å². The molecular weight excluding hydrogens is 316 g/mol. The summed E-state index contributed by atoms with van der Waals surface area (Å²) in [5.41, 5.74) is 8.60. The Morgan fingerprint density at radius 3 is 2.40 bits per heavy atom. The molecule has 1 saturated heterocycles. The average Bonchev–Trinajstić information content (AvgIpc) is 3.12. The van der Waals surface area contributed by atoms with Crippen LogP contribution in [0.5, 0.6) is 0 Å². The lowest BCUT2D eigenvalue weighted by atomic mass is 10.1. The zero-order valence-electron chi connectivity index (χ0n) is 13.8. The first-order valence-corrected chi connectivity index (χ1v) is 8.42. The third kappa shape index (κ3) is 3.08. The number of piperazine rings is 1. The highest BCUT2D eigenvalue weighted by Gasteiger charge is 2.27. The fraction of sp³-hybridized carbons (Fsp3) is 0.263. The van der Waals surface area contributed by atoms with E-state index in [9.17, 15) is 4.79 Å². The van der Waals surface area contributed by atoms with Gasteiger partial charge < -0.3 is 20.0 Å². The Bertz CT molecular complexity index is 836. The van der Waals surface area contributed by atoms with Crippen LogP contribution in [0.1, 0.15) is 11.6 Å². The largest absolute Gasteiger partial charge is 0.423 e. The molecule has 1 aromatic heterocycles. The predicted octanol–water partition coefficient (Wildman–Crippen LogP) is 2.18. The highest BCUT2D eigenvalue weighted by molar-refractivity contribution is 5.83. The van der Waals surface area contributed by atoms with Crippen LogP contribution in [0.4, 0.5) is 6.01 Å². The Morgan fingerprint density at radius 1 is 1.00 bits per heavy atom. The van der Waals surface area contributed by atoms with E-state index in [2.05, 4.69) is 9.88 Å². The second kappa shape index (κ2) is 6.57. The summed E-state index contributed by atoms with van der Waals surface area (Å²) >= 11 is 0. The normalized spacial score (nSPS) is 16.2. The van der Waals surface area contributed by atoms with Crippen LogP contribution in [0.25, 0.3) is 11.1 Å². The molecule has 0 aliphatic carbocycles. The van der Waals surface area contributed by atoms with Crippen molar-refractivity contribution in [3.63, 3.8) is 0 Å². The lowest BCUT2D eigenvalue weighted by molar-refractivity contribution is -0.133. The van der Waals surface area contributed by atoms with E-state index >= 15 is 0 Å². The van der Waals surface area contributed by atoms with Crippen LogP contribution in [0.3, 0.4) is 0 Å². The molecule has 0 saturated carbocycles. The molecule has 0 spiro atoms. The van der Waals surface area contributed by atoms with Crippen LogP contribution in [-0.2, 0) is 4.79 Å². The Balaban J connectivity index is 1.41. The van der Waals surface area contributed by atoms with Crippen LogP contribution in [0, 0.1) is 0 Å². The van der Waals surface area contributed by atoms with E-state index in [0.717, 1.165) is 16.7 Å². The van der Waals surface area contributed by atoms with Gasteiger partial charge in [-0.3, -0.25) is 4.79 Å². The number of anilines is 1. The monoisotopic (exact) mass is 336 g/mol. The maximum Gasteiger partial charge on any atom is 0.298 e. The quantitative estimate of drug-likeness (QED) is 0.793. The van der Waals surface area contributed by atoms with E-state index < -0.39 is 6.04 Å². The number of oxazole rings is 1. The molecule has 1 atom stereocenters. The Labute approximate surface area is 145 Å². The first-order valence-electron chi connectivity index (χ1n) is 8.42. The van der Waals surface area contributed by atoms with E-state index in [0.29, 0.717) is 32.2 Å². The van der Waals surface area contributed by atoms with Gasteiger partial charge in [-0.05, 0) is 17.7 Å². The van der Waals surface area contributed by atoms with Crippen molar-refractivity contribution >= 4 is 23.0 Å². The number of nitrogens with zero attached hydrogens (tertiary/aromatic N) is 3. The highest BCUT2D eigenvalue weighted by Crippen LogP contribution is 2.23. The number of amides is 1. The summed E-state index contributed by atoms with van der Waals surface area (Å²) in [6.45, 7) is 2.58. The minimum absolute atomic E-state index is 0.0385. The van der Waals surface area contributed by atoms with Crippen molar-refractivity contribution in [1.29, 1.82) is 0 Å². The molecule has 128 valence electrons. The van der Waals surface area contributed by atoms with Crippen LogP contribution < -0.4 is 10.6 Å². The van der Waals surface area contributed by atoms with Gasteiger partial charge in [-0.15, -0.1) is 0 Å². The summed E-state index contributed by atoms with van der Waals surface area (Å²) < 4.78 is 5.81. The summed E-state index contributed by atoms with van der Waals surface area (Å²) in [7, 11) is 0. The molecule has 6 nitrogen and oxygen atoms in total. The van der Waals surface area contributed by atoms with Gasteiger partial charge in [0.05, 0.1) is 0 Å². The molecule has 1 aliphatic rings. The number of aromatic nitrogens is 1. The lowest BCUT2D eigenvalue weighted by Crippen LogP contribution is -2.51. The van der Waals surface area contributed by atoms with Gasteiger partial charge in [0.2, 0.25) is 5.91 Å². The van der Waals surface area contributed by atoms with Crippen LogP contribution in [0.15, 0.2) is 59.0 Å². The molecule has 0 radical (unpaired) electrons. The number of para-hydroxylation sites is 2. The molecule has 2 aromatic carbocycles. The minimum Gasteiger partial charge on any atom is -0.423 e. The summed E-state index contributed by atoms with van der Waals surface area (Å²) in [4.78, 5) is 21.0. The van der Waals surface area contributed by atoms with E-state index in [1.807, 2.05) is 59.5 Å². The fourth-order valence-electron chi connectivity index (χ4n) is 3.11. The van der Waals surface area contributed by atoms with Gasteiger partial charge in [0.25, 0.3) is 6.01 Å². The summed E-state index contributed by atoms with van der Waals surface area (Å²) in [5, 5.41) is 0. The van der Waals surface area contributed by atoms with Gasteiger partial charge >= 0.3 is 0 Å². The summed E-state index contributed by atoms with van der Waals surface area (Å²) in [5.74, 6) is -0.0385. The topological polar surface area (TPSA) is 75.6 Å². The van der Waals surface area contributed by atoms with Crippen molar-refractivity contribution in [2.45, 2.75) is 6.04 Å². The number of benzene rings is 2. The fourth-order valence-corrected chi connectivity index (χ4v) is 3.11. The molecule has 6 heteroatoms. The first-order chi connectivity index (χ1) is 12.2. The number of hydrogen-bond acceptors (Lipinski definition) is 5. The zero-order valence-corrected chi connectivity index (χ0v) is 13.8. The number of carbonyl (C=O) groups excluding carboxylic acids is 1. The molecule has 1 amide bonds. The molecular formula is C19H20N4O2. The first kappa shape index (κ1) is 15.7. The van der Waals surface area contributed by atoms with E-state index in [-0.39, 0.29) is 5.91 Å². The van der Waals surface area contributed by atoms with Crippen LogP contribution in [-0.4, -0.2) is 42.0 Å². The van der Waals surface area contributed by atoms with Crippen molar-refractivity contribution < 1.29 is 9.21 Å². The number of hydrogen-bond donors (Lipinski definition) is 1. The second-order valence-electron chi connectivity index (χ2n) is 6.16. The highest BCUT2D eigenvalue weighted by atomic mass is 16.4. The van der Waals surface area contributed by atoms with Gasteiger partial charge in [0.1, 0.15) is 11.6 Å². The molecule has 1 aliphatic heterocycles. The van der Waals surface area contributed by atoms with Crippen molar-refractivity contribution in [2.24, 2.45) is 5.73 Å². The molecule has 2 heterocycles. The van der Waals surface area contributed by atoms with Crippen molar-refractivity contribution in [3.8, 4) is 0 Å². The second-order valence-corrected chi connectivity index (χ2v) is 6.16. The van der Waals surface area contributed by atoms with Gasteiger partial charge in [0, 0.05) is 26.2 Å². The van der Waals surface area contributed by atoms with Crippen molar-refractivity contribution in [3.05, 3.63) is 60.2 Å².